The molecule has 0 radical (unpaired) electrons. The molecule has 9 heteroatoms. The van der Waals surface area contributed by atoms with Crippen LogP contribution in [0.25, 0.3) is 11.1 Å². The molecule has 2 N–H and O–H groups in total. The Morgan fingerprint density at radius 2 is 1.97 bits per heavy atom. The van der Waals surface area contributed by atoms with Crippen molar-refractivity contribution in [1.82, 2.24) is 19.7 Å². The molecule has 1 fully saturated rings. The summed E-state index contributed by atoms with van der Waals surface area (Å²) in [4.78, 5) is 39.4. The van der Waals surface area contributed by atoms with Gasteiger partial charge in [0.25, 0.3) is 5.91 Å². The fourth-order valence-corrected chi connectivity index (χ4v) is 4.03. The summed E-state index contributed by atoms with van der Waals surface area (Å²) in [5.74, 6) is -1.03. The van der Waals surface area contributed by atoms with Crippen molar-refractivity contribution in [1.29, 1.82) is 0 Å². The average Bonchev–Trinajstić information content (AvgIpc) is 3.39. The molecule has 0 spiro atoms. The van der Waals surface area contributed by atoms with Crippen LogP contribution in [0.15, 0.2) is 33.5 Å². The van der Waals surface area contributed by atoms with Gasteiger partial charge in [-0.05, 0) is 56.4 Å². The van der Waals surface area contributed by atoms with Gasteiger partial charge in [-0.15, -0.1) is 0 Å². The van der Waals surface area contributed by atoms with E-state index in [-0.39, 0.29) is 18.4 Å². The first-order valence-electron chi connectivity index (χ1n) is 11.3. The third kappa shape index (κ3) is 4.92. The predicted octanol–water partition coefficient (Wildman–Crippen LogP) is 3.32. The maximum absolute atomic E-state index is 12.6. The van der Waals surface area contributed by atoms with Crippen molar-refractivity contribution < 1.29 is 14.0 Å². The first kappa shape index (κ1) is 21.9. The lowest BCUT2D eigenvalue weighted by molar-refractivity contribution is -0.132. The number of hydrogen-bond acceptors (Lipinski definition) is 5. The van der Waals surface area contributed by atoms with E-state index in [1.165, 1.54) is 4.57 Å². The molecule has 2 amide bonds. The summed E-state index contributed by atoms with van der Waals surface area (Å²) < 4.78 is 6.61. The van der Waals surface area contributed by atoms with Crippen molar-refractivity contribution in [2.75, 3.05) is 18.4 Å². The fraction of sp³-hybridized carbons (Fsp3) is 0.478. The van der Waals surface area contributed by atoms with Crippen LogP contribution in [0.2, 0.25) is 0 Å². The molecule has 3 aromatic rings. The lowest BCUT2D eigenvalue weighted by Crippen LogP contribution is -2.39. The zero-order valence-electron chi connectivity index (χ0n) is 18.4. The molecular formula is C23H29N5O4. The van der Waals surface area contributed by atoms with Crippen LogP contribution < -0.4 is 11.1 Å². The topological polar surface area (TPSA) is 113 Å². The van der Waals surface area contributed by atoms with E-state index < -0.39 is 5.76 Å². The van der Waals surface area contributed by atoms with Crippen LogP contribution in [0.4, 0.5) is 5.69 Å². The number of likely N-dealkylation sites (tertiary alicyclic amines) is 1. The zero-order chi connectivity index (χ0) is 22.5. The number of carbonyl (C=O) groups excluding carboxylic acids is 2. The highest BCUT2D eigenvalue weighted by atomic mass is 16.4. The van der Waals surface area contributed by atoms with Gasteiger partial charge in [-0.3, -0.25) is 19.3 Å². The van der Waals surface area contributed by atoms with Gasteiger partial charge in [0.15, 0.2) is 11.3 Å². The van der Waals surface area contributed by atoms with Crippen LogP contribution in [-0.2, 0) is 17.8 Å². The Bertz CT molecular complexity index is 1150. The van der Waals surface area contributed by atoms with E-state index in [0.717, 1.165) is 63.7 Å². The number of unbranched alkanes of at least 4 members (excludes halogenated alkanes) is 2. The molecule has 0 saturated carbocycles. The van der Waals surface area contributed by atoms with Gasteiger partial charge in [0.1, 0.15) is 6.54 Å². The summed E-state index contributed by atoms with van der Waals surface area (Å²) in [6, 6.07) is 6.69. The lowest BCUT2D eigenvalue weighted by Gasteiger charge is -2.26. The number of amides is 2. The first-order valence-corrected chi connectivity index (χ1v) is 11.3. The van der Waals surface area contributed by atoms with E-state index in [0.29, 0.717) is 22.5 Å². The Kier molecular flexibility index (Phi) is 6.72. The van der Waals surface area contributed by atoms with Crippen LogP contribution in [0, 0.1) is 0 Å². The van der Waals surface area contributed by atoms with Gasteiger partial charge in [0, 0.05) is 24.5 Å². The molecule has 0 bridgehead atoms. The van der Waals surface area contributed by atoms with E-state index in [2.05, 4.69) is 22.4 Å². The number of nitrogens with zero attached hydrogens (tertiary/aromatic N) is 3. The van der Waals surface area contributed by atoms with Crippen molar-refractivity contribution >= 4 is 28.6 Å². The predicted molar refractivity (Wildman–Crippen MR) is 121 cm³/mol. The van der Waals surface area contributed by atoms with Gasteiger partial charge in [0.05, 0.1) is 5.52 Å². The fourth-order valence-electron chi connectivity index (χ4n) is 4.03. The lowest BCUT2D eigenvalue weighted by atomic mass is 10.1. The Labute approximate surface area is 185 Å². The molecule has 170 valence electrons. The maximum Gasteiger partial charge on any atom is 0.420 e. The highest BCUT2D eigenvalue weighted by Crippen LogP contribution is 2.20. The standard InChI is InChI=1S/C23H29N5O4/c1-2-3-5-8-17-13-18(26-25-17)22(30)24-16-9-10-20-19(14-16)28(23(31)32-20)15-21(29)27-11-6-4-7-12-27/h9-10,13-14H,2-8,11-12,15H2,1H3,(H,24,30)(H,25,26). The highest BCUT2D eigenvalue weighted by molar-refractivity contribution is 6.03. The summed E-state index contributed by atoms with van der Waals surface area (Å²) >= 11 is 0. The van der Waals surface area contributed by atoms with E-state index >= 15 is 0 Å². The second kappa shape index (κ2) is 9.84. The van der Waals surface area contributed by atoms with Crippen molar-refractivity contribution in [3.63, 3.8) is 0 Å². The molecule has 0 atom stereocenters. The van der Waals surface area contributed by atoms with Crippen molar-refractivity contribution in [3.05, 3.63) is 46.2 Å². The second-order valence-electron chi connectivity index (χ2n) is 8.27. The van der Waals surface area contributed by atoms with Gasteiger partial charge in [-0.1, -0.05) is 19.8 Å². The molecule has 9 nitrogen and oxygen atoms in total. The monoisotopic (exact) mass is 439 g/mol. The minimum atomic E-state index is -0.585. The Hall–Kier alpha value is -3.36. The van der Waals surface area contributed by atoms with Gasteiger partial charge >= 0.3 is 5.76 Å². The Morgan fingerprint density at radius 3 is 2.75 bits per heavy atom. The Balaban J connectivity index is 1.48. The van der Waals surface area contributed by atoms with E-state index in [1.54, 1.807) is 29.2 Å². The molecule has 0 aliphatic carbocycles. The number of benzene rings is 1. The maximum atomic E-state index is 12.6. The van der Waals surface area contributed by atoms with E-state index in [4.69, 9.17) is 4.42 Å². The molecule has 1 aromatic carbocycles. The highest BCUT2D eigenvalue weighted by Gasteiger charge is 2.20. The average molecular weight is 440 g/mol. The molecule has 1 saturated heterocycles. The van der Waals surface area contributed by atoms with Crippen molar-refractivity contribution in [2.45, 2.75) is 58.4 Å². The van der Waals surface area contributed by atoms with Crippen LogP contribution in [0.1, 0.15) is 61.6 Å². The van der Waals surface area contributed by atoms with Crippen LogP contribution in [0.3, 0.4) is 0 Å². The molecular weight excluding hydrogens is 410 g/mol. The molecule has 32 heavy (non-hydrogen) atoms. The third-order valence-electron chi connectivity index (χ3n) is 5.84. The summed E-state index contributed by atoms with van der Waals surface area (Å²) in [6.07, 6.45) is 7.25. The van der Waals surface area contributed by atoms with Crippen molar-refractivity contribution in [2.24, 2.45) is 0 Å². The summed E-state index contributed by atoms with van der Waals surface area (Å²) in [6.45, 7) is 3.50. The number of hydrogen-bond donors (Lipinski definition) is 2. The molecule has 4 rings (SSSR count). The normalized spacial score (nSPS) is 14.1. The number of nitrogens with one attached hydrogen (secondary N) is 2. The molecule has 2 aromatic heterocycles. The SMILES string of the molecule is CCCCCc1cc(C(=O)Nc2ccc3oc(=O)n(CC(=O)N4CCCCC4)c3c2)n[nH]1. The summed E-state index contributed by atoms with van der Waals surface area (Å²) in [7, 11) is 0. The molecule has 1 aliphatic rings. The number of carbonyl (C=O) groups is 2. The van der Waals surface area contributed by atoms with Gasteiger partial charge in [0.2, 0.25) is 5.91 Å². The minimum Gasteiger partial charge on any atom is -0.408 e. The smallest absolute Gasteiger partial charge is 0.408 e. The van der Waals surface area contributed by atoms with Gasteiger partial charge in [-0.25, -0.2) is 4.79 Å². The number of rotatable bonds is 8. The molecule has 3 heterocycles. The summed E-state index contributed by atoms with van der Waals surface area (Å²) in [5.41, 5.74) is 2.58. The van der Waals surface area contributed by atoms with Crippen LogP contribution >= 0.6 is 0 Å². The number of aromatic amines is 1. The third-order valence-corrected chi connectivity index (χ3v) is 5.84. The molecule has 0 unspecified atom stereocenters. The summed E-state index contributed by atoms with van der Waals surface area (Å²) in [5, 5.41) is 9.83. The quantitative estimate of drug-likeness (QED) is 0.523. The zero-order valence-corrected chi connectivity index (χ0v) is 18.4. The second-order valence-corrected chi connectivity index (χ2v) is 8.27. The number of anilines is 1. The van der Waals surface area contributed by atoms with E-state index in [1.807, 2.05) is 0 Å². The molecule has 1 aliphatic heterocycles. The number of aromatic nitrogens is 3. The number of piperidine rings is 1. The Morgan fingerprint density at radius 1 is 1.16 bits per heavy atom. The van der Waals surface area contributed by atoms with E-state index in [9.17, 15) is 14.4 Å². The number of fused-ring (bicyclic) bond motifs is 1. The van der Waals surface area contributed by atoms with Crippen LogP contribution in [0.5, 0.6) is 0 Å². The van der Waals surface area contributed by atoms with Gasteiger partial charge < -0.3 is 14.6 Å². The van der Waals surface area contributed by atoms with Crippen molar-refractivity contribution in [3.8, 4) is 0 Å². The number of oxazole rings is 1. The van der Waals surface area contributed by atoms with Gasteiger partial charge in [-0.2, -0.15) is 5.10 Å². The number of aryl methyl sites for hydroxylation is 1. The number of H-pyrrole nitrogens is 1. The first-order chi connectivity index (χ1) is 15.5. The largest absolute Gasteiger partial charge is 0.420 e. The van der Waals surface area contributed by atoms with Crippen LogP contribution in [-0.4, -0.2) is 44.6 Å². The minimum absolute atomic E-state index is 0.0796.